The lowest BCUT2D eigenvalue weighted by Crippen LogP contribution is -2.43. The Kier molecular flexibility index (Phi) is 6.08. The van der Waals surface area contributed by atoms with Gasteiger partial charge in [0.1, 0.15) is 4.21 Å². The molecule has 0 bridgehead atoms. The van der Waals surface area contributed by atoms with Gasteiger partial charge < -0.3 is 5.32 Å². The molecule has 0 spiro atoms. The van der Waals surface area contributed by atoms with Crippen LogP contribution in [0, 0.1) is 0 Å². The van der Waals surface area contributed by atoms with Crippen LogP contribution >= 0.6 is 39.7 Å². The zero-order valence-corrected chi connectivity index (χ0v) is 14.0. The van der Waals surface area contributed by atoms with Crippen molar-refractivity contribution in [2.45, 2.75) is 23.1 Å². The number of nitrogens with zero attached hydrogens (tertiary/aromatic N) is 1. The summed E-state index contributed by atoms with van der Waals surface area (Å²) in [6.07, 6.45) is 1.75. The van der Waals surface area contributed by atoms with Crippen LogP contribution in [-0.2, 0) is 10.0 Å². The first-order chi connectivity index (χ1) is 8.01. The molecule has 1 aromatic rings. The van der Waals surface area contributed by atoms with Gasteiger partial charge in [0.15, 0.2) is 0 Å². The SMILES string of the molecule is CN(C1CCNCC1)S(=O)(=O)c1ccc(Br)s1.Cl. The molecule has 8 heteroatoms. The van der Waals surface area contributed by atoms with Gasteiger partial charge in [0, 0.05) is 13.1 Å². The number of rotatable bonds is 3. The van der Waals surface area contributed by atoms with Crippen molar-refractivity contribution in [1.82, 2.24) is 9.62 Å². The van der Waals surface area contributed by atoms with E-state index in [0.717, 1.165) is 29.7 Å². The van der Waals surface area contributed by atoms with Crippen LogP contribution in [0.3, 0.4) is 0 Å². The van der Waals surface area contributed by atoms with Crippen molar-refractivity contribution in [3.8, 4) is 0 Å². The summed E-state index contributed by atoms with van der Waals surface area (Å²) < 4.78 is 27.4. The molecule has 4 nitrogen and oxygen atoms in total. The molecule has 0 amide bonds. The smallest absolute Gasteiger partial charge is 0.252 e. The lowest BCUT2D eigenvalue weighted by molar-refractivity contribution is 0.297. The van der Waals surface area contributed by atoms with E-state index in [1.807, 2.05) is 0 Å². The standard InChI is InChI=1S/C10H15BrN2O2S2.ClH/c1-13(8-4-6-12-7-5-8)17(14,15)10-3-2-9(11)16-10;/h2-3,8,12H,4-7H2,1H3;1H. The van der Waals surface area contributed by atoms with Gasteiger partial charge in [0.2, 0.25) is 0 Å². The summed E-state index contributed by atoms with van der Waals surface area (Å²) in [6.45, 7) is 1.78. The zero-order chi connectivity index (χ0) is 12.5. The summed E-state index contributed by atoms with van der Waals surface area (Å²) in [6, 6.07) is 3.54. The van der Waals surface area contributed by atoms with Crippen LogP contribution in [0.25, 0.3) is 0 Å². The summed E-state index contributed by atoms with van der Waals surface area (Å²) in [5, 5.41) is 3.24. The van der Waals surface area contributed by atoms with Crippen molar-refractivity contribution in [3.63, 3.8) is 0 Å². The van der Waals surface area contributed by atoms with Crippen LogP contribution in [-0.4, -0.2) is 38.9 Å². The summed E-state index contributed by atoms with van der Waals surface area (Å²) >= 11 is 4.55. The first-order valence-electron chi connectivity index (χ1n) is 5.46. The van der Waals surface area contributed by atoms with E-state index in [4.69, 9.17) is 0 Å². The molecule has 104 valence electrons. The molecule has 1 aromatic heterocycles. The zero-order valence-electron chi connectivity index (χ0n) is 9.93. The van der Waals surface area contributed by atoms with E-state index in [1.54, 1.807) is 19.2 Å². The first kappa shape index (κ1) is 16.4. The van der Waals surface area contributed by atoms with Crippen LogP contribution in [0.5, 0.6) is 0 Å². The van der Waals surface area contributed by atoms with Crippen molar-refractivity contribution in [3.05, 3.63) is 15.9 Å². The lowest BCUT2D eigenvalue weighted by atomic mass is 10.1. The fraction of sp³-hybridized carbons (Fsp3) is 0.600. The quantitative estimate of drug-likeness (QED) is 0.882. The Balaban J connectivity index is 0.00000162. The second-order valence-electron chi connectivity index (χ2n) is 4.06. The van der Waals surface area contributed by atoms with Crippen molar-refractivity contribution in [2.24, 2.45) is 0 Å². The van der Waals surface area contributed by atoms with Gasteiger partial charge in [0.05, 0.1) is 3.79 Å². The third-order valence-corrected chi connectivity index (χ3v) is 7.01. The molecule has 1 fully saturated rings. The van der Waals surface area contributed by atoms with Crippen LogP contribution in [0.1, 0.15) is 12.8 Å². The number of piperidine rings is 1. The van der Waals surface area contributed by atoms with E-state index in [2.05, 4.69) is 21.2 Å². The topological polar surface area (TPSA) is 49.4 Å². The van der Waals surface area contributed by atoms with E-state index in [-0.39, 0.29) is 18.4 Å². The number of nitrogens with one attached hydrogen (secondary N) is 1. The molecule has 0 atom stereocenters. The van der Waals surface area contributed by atoms with Gasteiger partial charge in [0.25, 0.3) is 10.0 Å². The third kappa shape index (κ3) is 3.46. The number of hydrogen-bond acceptors (Lipinski definition) is 4. The second kappa shape index (κ2) is 6.67. The molecule has 2 heterocycles. The van der Waals surface area contributed by atoms with E-state index >= 15 is 0 Å². The predicted octanol–water partition coefficient (Wildman–Crippen LogP) is 2.30. The molecule has 0 saturated carbocycles. The van der Waals surface area contributed by atoms with Crippen LogP contribution in [0.4, 0.5) is 0 Å². The third-order valence-electron chi connectivity index (χ3n) is 3.00. The van der Waals surface area contributed by atoms with E-state index in [9.17, 15) is 8.42 Å². The average Bonchev–Trinajstić information content (AvgIpc) is 2.77. The molecule has 1 aliphatic heterocycles. The van der Waals surface area contributed by atoms with Gasteiger partial charge in [-0.1, -0.05) is 0 Å². The minimum atomic E-state index is -3.32. The Morgan fingerprint density at radius 3 is 2.50 bits per heavy atom. The maximum absolute atomic E-state index is 12.3. The van der Waals surface area contributed by atoms with Gasteiger partial charge in [-0.3, -0.25) is 0 Å². The Morgan fingerprint density at radius 2 is 2.00 bits per heavy atom. The Hall–Kier alpha value is 0.340. The minimum absolute atomic E-state index is 0. The van der Waals surface area contributed by atoms with Crippen molar-refractivity contribution in [2.75, 3.05) is 20.1 Å². The number of sulfonamides is 1. The molecule has 0 unspecified atom stereocenters. The van der Waals surface area contributed by atoms with Crippen molar-refractivity contribution < 1.29 is 8.42 Å². The predicted molar refractivity (Wildman–Crippen MR) is 80.1 cm³/mol. The molecule has 18 heavy (non-hydrogen) atoms. The van der Waals surface area contributed by atoms with Gasteiger partial charge in [-0.2, -0.15) is 4.31 Å². The minimum Gasteiger partial charge on any atom is -0.317 e. The highest BCUT2D eigenvalue weighted by Crippen LogP contribution is 2.29. The molecular weight excluding hydrogens is 360 g/mol. The molecule has 1 aliphatic rings. The van der Waals surface area contributed by atoms with Gasteiger partial charge in [-0.05, 0) is 54.0 Å². The Bertz CT molecular complexity index is 486. The van der Waals surface area contributed by atoms with Crippen LogP contribution in [0.15, 0.2) is 20.1 Å². The number of halogens is 2. The van der Waals surface area contributed by atoms with Crippen LogP contribution in [0.2, 0.25) is 0 Å². The normalized spacial score (nSPS) is 17.7. The fourth-order valence-electron chi connectivity index (χ4n) is 1.94. The number of thiophene rings is 1. The highest BCUT2D eigenvalue weighted by atomic mass is 79.9. The van der Waals surface area contributed by atoms with E-state index in [1.165, 1.54) is 15.6 Å². The van der Waals surface area contributed by atoms with E-state index < -0.39 is 10.0 Å². The van der Waals surface area contributed by atoms with Gasteiger partial charge in [-0.15, -0.1) is 23.7 Å². The van der Waals surface area contributed by atoms with Crippen LogP contribution < -0.4 is 5.32 Å². The summed E-state index contributed by atoms with van der Waals surface area (Å²) in [5.74, 6) is 0. The lowest BCUT2D eigenvalue weighted by Gasteiger charge is -2.30. The number of hydrogen-bond donors (Lipinski definition) is 1. The largest absolute Gasteiger partial charge is 0.317 e. The second-order valence-corrected chi connectivity index (χ2v) is 8.75. The monoisotopic (exact) mass is 374 g/mol. The van der Waals surface area contributed by atoms with Gasteiger partial charge in [-0.25, -0.2) is 8.42 Å². The Morgan fingerprint density at radius 1 is 1.39 bits per heavy atom. The maximum Gasteiger partial charge on any atom is 0.252 e. The maximum atomic E-state index is 12.3. The highest BCUT2D eigenvalue weighted by Gasteiger charge is 2.29. The first-order valence-corrected chi connectivity index (χ1v) is 8.51. The van der Waals surface area contributed by atoms with Crippen molar-refractivity contribution in [1.29, 1.82) is 0 Å². The average molecular weight is 376 g/mol. The fourth-order valence-corrected chi connectivity index (χ4v) is 5.56. The molecular formula is C10H16BrClN2O2S2. The molecule has 2 rings (SSSR count). The molecule has 1 N–H and O–H groups in total. The Labute approximate surface area is 126 Å². The summed E-state index contributed by atoms with van der Waals surface area (Å²) in [7, 11) is -1.64. The van der Waals surface area contributed by atoms with Gasteiger partial charge >= 0.3 is 0 Å². The highest BCUT2D eigenvalue weighted by molar-refractivity contribution is 9.11. The summed E-state index contributed by atoms with van der Waals surface area (Å²) in [5.41, 5.74) is 0. The summed E-state index contributed by atoms with van der Waals surface area (Å²) in [4.78, 5) is 0. The molecule has 0 aromatic carbocycles. The van der Waals surface area contributed by atoms with E-state index in [0.29, 0.717) is 4.21 Å². The molecule has 0 aliphatic carbocycles. The van der Waals surface area contributed by atoms with Crippen molar-refractivity contribution >= 4 is 49.7 Å². The molecule has 1 saturated heterocycles. The molecule has 0 radical (unpaired) electrons.